The fraction of sp³-hybridized carbons (Fsp3) is 0.500. The van der Waals surface area contributed by atoms with Crippen LogP contribution in [0.2, 0.25) is 0 Å². The third-order valence-corrected chi connectivity index (χ3v) is 6.20. The third kappa shape index (κ3) is 6.95. The van der Waals surface area contributed by atoms with E-state index < -0.39 is 0 Å². The van der Waals surface area contributed by atoms with E-state index in [9.17, 15) is 19.2 Å². The lowest BCUT2D eigenvalue weighted by Gasteiger charge is -2.11. The zero-order chi connectivity index (χ0) is 25.7. The molecular formula is C24H34N8O4. The lowest BCUT2D eigenvalue weighted by Crippen LogP contribution is -2.36. The summed E-state index contributed by atoms with van der Waals surface area (Å²) < 4.78 is 3.69. The SMILES string of the molecule is NCC(=O)Nc1cc(C(=O)NCCNC(=O)c2cc(NC(=O)CN)cn2CC2CC2)n(CC2CC2)c1. The lowest BCUT2D eigenvalue weighted by molar-refractivity contribution is -0.115. The molecule has 4 rings (SSSR count). The Morgan fingerprint density at radius 1 is 0.722 bits per heavy atom. The third-order valence-electron chi connectivity index (χ3n) is 6.20. The Balaban J connectivity index is 1.32. The maximum atomic E-state index is 12.8. The number of anilines is 2. The first-order valence-electron chi connectivity index (χ1n) is 12.3. The average Bonchev–Trinajstić information content (AvgIpc) is 3.77. The predicted molar refractivity (Wildman–Crippen MR) is 134 cm³/mol. The van der Waals surface area contributed by atoms with Crippen LogP contribution in [-0.4, -0.2) is 58.9 Å². The van der Waals surface area contributed by atoms with Crippen molar-refractivity contribution in [2.24, 2.45) is 23.3 Å². The molecule has 0 bridgehead atoms. The fourth-order valence-electron chi connectivity index (χ4n) is 3.96. The fourth-order valence-corrected chi connectivity index (χ4v) is 3.96. The van der Waals surface area contributed by atoms with Gasteiger partial charge in [-0.2, -0.15) is 0 Å². The first-order valence-corrected chi connectivity index (χ1v) is 12.3. The van der Waals surface area contributed by atoms with Crippen molar-refractivity contribution < 1.29 is 19.2 Å². The molecule has 0 atom stereocenters. The van der Waals surface area contributed by atoms with E-state index in [1.807, 2.05) is 9.13 Å². The van der Waals surface area contributed by atoms with Crippen LogP contribution >= 0.6 is 0 Å². The van der Waals surface area contributed by atoms with Crippen LogP contribution in [0.15, 0.2) is 24.5 Å². The largest absolute Gasteiger partial charge is 0.349 e. The molecule has 0 aromatic carbocycles. The maximum absolute atomic E-state index is 12.8. The number of hydrogen-bond acceptors (Lipinski definition) is 6. The molecule has 2 aliphatic carbocycles. The first-order chi connectivity index (χ1) is 17.4. The summed E-state index contributed by atoms with van der Waals surface area (Å²) in [6.45, 7) is 1.59. The average molecular weight is 499 g/mol. The van der Waals surface area contributed by atoms with Crippen LogP contribution in [0.4, 0.5) is 11.4 Å². The minimum Gasteiger partial charge on any atom is -0.349 e. The summed E-state index contributed by atoms with van der Waals surface area (Å²) in [5.41, 5.74) is 12.7. The Kier molecular flexibility index (Phi) is 8.06. The summed E-state index contributed by atoms with van der Waals surface area (Å²) in [5, 5.41) is 11.0. The standard InChI is InChI=1S/C24H34N8O4/c25-9-21(33)29-17-7-19(31(13-17)11-15-1-2-15)23(35)27-5-6-28-24(36)20-8-18(30-22(34)10-26)14-32(20)12-16-3-4-16/h7-8,13-16H,1-6,9-12,25-26H2,(H,27,35)(H,28,36)(H,29,33)(H,30,34). The van der Waals surface area contributed by atoms with Crippen molar-refractivity contribution in [1.82, 2.24) is 19.8 Å². The molecule has 2 fully saturated rings. The maximum Gasteiger partial charge on any atom is 0.268 e. The highest BCUT2D eigenvalue weighted by Gasteiger charge is 2.26. The molecule has 0 spiro atoms. The van der Waals surface area contributed by atoms with Crippen LogP contribution in [0, 0.1) is 11.8 Å². The number of rotatable bonds is 13. The molecule has 0 radical (unpaired) electrons. The molecule has 2 aliphatic rings. The summed E-state index contributed by atoms with van der Waals surface area (Å²) in [5.74, 6) is -0.166. The van der Waals surface area contributed by atoms with E-state index in [-0.39, 0.29) is 49.8 Å². The normalized spacial score (nSPS) is 14.8. The van der Waals surface area contributed by atoms with Gasteiger partial charge in [0.15, 0.2) is 0 Å². The van der Waals surface area contributed by atoms with Gasteiger partial charge in [0.25, 0.3) is 11.8 Å². The minimum atomic E-state index is -0.328. The molecular weight excluding hydrogens is 464 g/mol. The quantitative estimate of drug-likeness (QED) is 0.213. The van der Waals surface area contributed by atoms with Crippen molar-refractivity contribution in [3.05, 3.63) is 35.9 Å². The summed E-state index contributed by atoms with van der Waals surface area (Å²) in [6.07, 6.45) is 7.98. The summed E-state index contributed by atoms with van der Waals surface area (Å²) in [7, 11) is 0. The Morgan fingerprint density at radius 3 is 1.44 bits per heavy atom. The zero-order valence-electron chi connectivity index (χ0n) is 20.2. The Bertz CT molecular complexity index is 1040. The topological polar surface area (TPSA) is 178 Å². The smallest absolute Gasteiger partial charge is 0.268 e. The van der Waals surface area contributed by atoms with E-state index >= 15 is 0 Å². The minimum absolute atomic E-state index is 0.139. The van der Waals surface area contributed by atoms with Gasteiger partial charge in [-0.3, -0.25) is 19.2 Å². The predicted octanol–water partition coefficient (Wildman–Crippen LogP) is 0.0638. The number of nitrogens with zero attached hydrogens (tertiary/aromatic N) is 2. The van der Waals surface area contributed by atoms with Crippen LogP contribution in [0.3, 0.4) is 0 Å². The van der Waals surface area contributed by atoms with Crippen molar-refractivity contribution in [3.63, 3.8) is 0 Å². The molecule has 4 amide bonds. The van der Waals surface area contributed by atoms with Gasteiger partial charge in [-0.05, 0) is 49.7 Å². The van der Waals surface area contributed by atoms with Crippen molar-refractivity contribution >= 4 is 35.0 Å². The molecule has 8 N–H and O–H groups in total. The van der Waals surface area contributed by atoms with Crippen LogP contribution in [0.5, 0.6) is 0 Å². The molecule has 2 aromatic heterocycles. The zero-order valence-corrected chi connectivity index (χ0v) is 20.2. The van der Waals surface area contributed by atoms with Gasteiger partial charge in [-0.15, -0.1) is 0 Å². The first kappa shape index (κ1) is 25.5. The molecule has 194 valence electrons. The van der Waals surface area contributed by atoms with E-state index in [4.69, 9.17) is 11.5 Å². The molecule has 12 heteroatoms. The molecule has 12 nitrogen and oxygen atoms in total. The monoisotopic (exact) mass is 498 g/mol. The molecule has 0 saturated heterocycles. The van der Waals surface area contributed by atoms with Gasteiger partial charge in [0.05, 0.1) is 24.5 Å². The van der Waals surface area contributed by atoms with Crippen molar-refractivity contribution in [1.29, 1.82) is 0 Å². The van der Waals surface area contributed by atoms with Gasteiger partial charge < -0.3 is 41.9 Å². The van der Waals surface area contributed by atoms with Crippen LogP contribution in [-0.2, 0) is 22.7 Å². The van der Waals surface area contributed by atoms with Crippen LogP contribution < -0.4 is 32.7 Å². The molecule has 0 aliphatic heterocycles. The summed E-state index contributed by atoms with van der Waals surface area (Å²) >= 11 is 0. The van der Waals surface area contributed by atoms with E-state index in [2.05, 4.69) is 21.3 Å². The van der Waals surface area contributed by atoms with Gasteiger partial charge in [0.1, 0.15) is 11.4 Å². The van der Waals surface area contributed by atoms with Gasteiger partial charge in [-0.1, -0.05) is 0 Å². The summed E-state index contributed by atoms with van der Waals surface area (Å²) in [6, 6.07) is 3.26. The molecule has 2 heterocycles. The van der Waals surface area contributed by atoms with Gasteiger partial charge in [-0.25, -0.2) is 0 Å². The molecule has 0 unspecified atom stereocenters. The second-order valence-electron chi connectivity index (χ2n) is 9.44. The summed E-state index contributed by atoms with van der Waals surface area (Å²) in [4.78, 5) is 48.9. The van der Waals surface area contributed by atoms with Crippen LogP contribution in [0.1, 0.15) is 46.7 Å². The second kappa shape index (κ2) is 11.4. The lowest BCUT2D eigenvalue weighted by atomic mass is 10.3. The Morgan fingerprint density at radius 2 is 1.11 bits per heavy atom. The number of carbonyl (C=O) groups excluding carboxylic acids is 4. The number of nitrogens with one attached hydrogen (secondary N) is 4. The van der Waals surface area contributed by atoms with Gasteiger partial charge >= 0.3 is 0 Å². The van der Waals surface area contributed by atoms with Crippen LogP contribution in [0.25, 0.3) is 0 Å². The van der Waals surface area contributed by atoms with Gasteiger partial charge in [0.2, 0.25) is 11.8 Å². The Labute approximate surface area is 209 Å². The van der Waals surface area contributed by atoms with Crippen molar-refractivity contribution in [3.8, 4) is 0 Å². The van der Waals surface area contributed by atoms with Gasteiger partial charge in [0, 0.05) is 38.6 Å². The highest BCUT2D eigenvalue weighted by molar-refractivity contribution is 5.98. The van der Waals surface area contributed by atoms with E-state index in [1.54, 1.807) is 24.5 Å². The molecule has 2 saturated carbocycles. The second-order valence-corrected chi connectivity index (χ2v) is 9.44. The molecule has 36 heavy (non-hydrogen) atoms. The van der Waals surface area contributed by atoms with Crippen molar-refractivity contribution in [2.45, 2.75) is 38.8 Å². The highest BCUT2D eigenvalue weighted by atomic mass is 16.2. The number of hydrogen-bond donors (Lipinski definition) is 6. The Hall–Kier alpha value is -3.64. The van der Waals surface area contributed by atoms with E-state index in [0.29, 0.717) is 47.7 Å². The van der Waals surface area contributed by atoms with E-state index in [1.165, 1.54) is 0 Å². The highest BCUT2D eigenvalue weighted by Crippen LogP contribution is 2.32. The van der Waals surface area contributed by atoms with Crippen molar-refractivity contribution in [2.75, 3.05) is 36.8 Å². The van der Waals surface area contributed by atoms with E-state index in [0.717, 1.165) is 25.7 Å². The molecule has 2 aromatic rings. The number of nitrogens with two attached hydrogens (primary N) is 2. The number of amides is 4. The number of carbonyl (C=O) groups is 4. The number of aromatic nitrogens is 2.